The van der Waals surface area contributed by atoms with Crippen LogP contribution in [0.3, 0.4) is 0 Å². The van der Waals surface area contributed by atoms with Crippen LogP contribution >= 0.6 is 15.9 Å². The van der Waals surface area contributed by atoms with Crippen molar-refractivity contribution in [2.75, 3.05) is 5.32 Å². The lowest BCUT2D eigenvalue weighted by atomic mass is 10.2. The van der Waals surface area contributed by atoms with Crippen LogP contribution in [0.4, 0.5) is 23.2 Å². The second-order valence-corrected chi connectivity index (χ2v) is 6.40. The Balaban J connectivity index is 1.76. The monoisotopic (exact) mass is 445 g/mol. The molecule has 0 saturated carbocycles. The van der Waals surface area contributed by atoms with Gasteiger partial charge in [-0.15, -0.1) is 0 Å². The van der Waals surface area contributed by atoms with Gasteiger partial charge in [0.05, 0.1) is 22.9 Å². The molecule has 0 unspecified atom stereocenters. The first-order chi connectivity index (χ1) is 12.7. The Bertz CT molecular complexity index is 995. The number of nitrogens with one attached hydrogen (secondary N) is 1. The summed E-state index contributed by atoms with van der Waals surface area (Å²) in [6.07, 6.45) is -1.92. The van der Waals surface area contributed by atoms with Crippen LogP contribution < -0.4 is 5.32 Å². The Morgan fingerprint density at radius 1 is 1.30 bits per heavy atom. The number of carbonyl (C=O) groups excluding carboxylic acids is 1. The van der Waals surface area contributed by atoms with E-state index in [1.54, 1.807) is 18.2 Å². The number of anilines is 1. The first-order valence-corrected chi connectivity index (χ1v) is 8.33. The third kappa shape index (κ3) is 4.02. The third-order valence-corrected chi connectivity index (χ3v) is 4.41. The number of alkyl halides is 3. The van der Waals surface area contributed by atoms with E-state index >= 15 is 0 Å². The molecule has 0 aliphatic rings. The molecule has 2 aromatic heterocycles. The zero-order valence-electron chi connectivity index (χ0n) is 13.8. The summed E-state index contributed by atoms with van der Waals surface area (Å²) in [5.74, 6) is -1.23. The second kappa shape index (κ2) is 7.14. The molecule has 0 spiro atoms. The Labute approximate surface area is 158 Å². The second-order valence-electron chi connectivity index (χ2n) is 5.60. The number of benzene rings is 1. The predicted molar refractivity (Wildman–Crippen MR) is 91.6 cm³/mol. The van der Waals surface area contributed by atoms with Crippen molar-refractivity contribution in [1.29, 1.82) is 0 Å². The molecule has 2 heterocycles. The van der Waals surface area contributed by atoms with Crippen LogP contribution in [0.5, 0.6) is 0 Å². The fourth-order valence-electron chi connectivity index (χ4n) is 2.46. The summed E-state index contributed by atoms with van der Waals surface area (Å²) in [6, 6.07) is 6.16. The number of halogens is 5. The van der Waals surface area contributed by atoms with Gasteiger partial charge in [-0.1, -0.05) is 18.2 Å². The van der Waals surface area contributed by atoms with Crippen LogP contribution in [0.15, 0.2) is 41.1 Å². The van der Waals surface area contributed by atoms with Crippen LogP contribution in [0.25, 0.3) is 0 Å². The summed E-state index contributed by atoms with van der Waals surface area (Å²) in [4.78, 5) is 12.3. The van der Waals surface area contributed by atoms with Gasteiger partial charge in [-0.05, 0) is 22.0 Å². The van der Waals surface area contributed by atoms with E-state index in [9.17, 15) is 22.4 Å². The molecule has 0 fully saturated rings. The summed E-state index contributed by atoms with van der Waals surface area (Å²) in [5, 5.41) is 10.0. The van der Waals surface area contributed by atoms with Gasteiger partial charge in [0, 0.05) is 18.8 Å². The molecule has 1 aromatic carbocycles. The highest BCUT2D eigenvalue weighted by Crippen LogP contribution is 2.36. The van der Waals surface area contributed by atoms with E-state index in [4.69, 9.17) is 0 Å². The summed E-state index contributed by atoms with van der Waals surface area (Å²) < 4.78 is 54.2. The van der Waals surface area contributed by atoms with Crippen molar-refractivity contribution in [2.45, 2.75) is 12.7 Å². The highest BCUT2D eigenvalue weighted by atomic mass is 79.9. The maximum absolute atomic E-state index is 13.7. The molecule has 3 aromatic rings. The summed E-state index contributed by atoms with van der Waals surface area (Å²) in [6.45, 7) is 0.133. The van der Waals surface area contributed by atoms with Gasteiger partial charge in [0.1, 0.15) is 5.82 Å². The molecule has 11 heteroatoms. The van der Waals surface area contributed by atoms with E-state index in [0.717, 1.165) is 7.05 Å². The number of amides is 1. The summed E-state index contributed by atoms with van der Waals surface area (Å²) in [5.41, 5.74) is -0.835. The van der Waals surface area contributed by atoms with Crippen LogP contribution in [-0.2, 0) is 19.8 Å². The van der Waals surface area contributed by atoms with E-state index in [2.05, 4.69) is 31.4 Å². The molecule has 142 valence electrons. The van der Waals surface area contributed by atoms with Crippen molar-refractivity contribution in [3.63, 3.8) is 0 Å². The third-order valence-electron chi connectivity index (χ3n) is 3.65. The quantitative estimate of drug-likeness (QED) is 0.620. The minimum absolute atomic E-state index is 0.133. The van der Waals surface area contributed by atoms with Gasteiger partial charge in [0.2, 0.25) is 0 Å². The molecule has 0 radical (unpaired) electrons. The van der Waals surface area contributed by atoms with Crippen molar-refractivity contribution >= 4 is 27.5 Å². The van der Waals surface area contributed by atoms with Crippen LogP contribution in [0.2, 0.25) is 0 Å². The van der Waals surface area contributed by atoms with Gasteiger partial charge in [0.25, 0.3) is 5.91 Å². The molecule has 6 nitrogen and oxygen atoms in total. The van der Waals surface area contributed by atoms with E-state index in [1.807, 2.05) is 0 Å². The lowest BCUT2D eigenvalue weighted by molar-refractivity contribution is -0.144. The Kier molecular flexibility index (Phi) is 5.05. The molecule has 0 atom stereocenters. The van der Waals surface area contributed by atoms with Crippen LogP contribution in [0.1, 0.15) is 21.7 Å². The van der Waals surface area contributed by atoms with E-state index in [1.165, 1.54) is 23.1 Å². The van der Waals surface area contributed by atoms with Crippen LogP contribution in [0, 0.1) is 5.82 Å². The van der Waals surface area contributed by atoms with Gasteiger partial charge >= 0.3 is 6.18 Å². The molecule has 0 aliphatic carbocycles. The van der Waals surface area contributed by atoms with Crippen molar-refractivity contribution in [3.05, 3.63) is 63.9 Å². The molecule has 0 aliphatic heterocycles. The topological polar surface area (TPSA) is 64.7 Å². The van der Waals surface area contributed by atoms with Gasteiger partial charge in [-0.25, -0.2) is 4.39 Å². The molecule has 1 N–H and O–H groups in total. The number of aromatic nitrogens is 4. The number of carbonyl (C=O) groups is 1. The average molecular weight is 446 g/mol. The smallest absolute Gasteiger partial charge is 0.318 e. The van der Waals surface area contributed by atoms with Gasteiger partial charge in [-0.2, -0.15) is 23.4 Å². The standard InChI is InChI=1S/C16H12BrF4N5O/c1-25-14(16(19,20)21)12(17)13(24-25)15(27)23-10-6-22-26(8-10)7-9-4-2-3-5-11(9)18/h2-6,8H,7H2,1H3,(H,23,27). The van der Waals surface area contributed by atoms with Crippen molar-refractivity contribution in [1.82, 2.24) is 19.6 Å². The van der Waals surface area contributed by atoms with Gasteiger partial charge in [0.15, 0.2) is 11.4 Å². The predicted octanol–water partition coefficient (Wildman–Crippen LogP) is 3.84. The SMILES string of the molecule is Cn1nc(C(=O)Nc2cnn(Cc3ccccc3F)c2)c(Br)c1C(F)(F)F. The molecular formula is C16H12BrF4N5O. The number of hydrogen-bond acceptors (Lipinski definition) is 3. The fourth-order valence-corrected chi connectivity index (χ4v) is 3.20. The van der Waals surface area contributed by atoms with Gasteiger partial charge < -0.3 is 5.32 Å². The lowest BCUT2D eigenvalue weighted by Gasteiger charge is -2.06. The van der Waals surface area contributed by atoms with E-state index in [0.29, 0.717) is 10.2 Å². The largest absolute Gasteiger partial charge is 0.434 e. The normalized spacial score (nSPS) is 11.6. The molecule has 3 rings (SSSR count). The number of rotatable bonds is 4. The number of aryl methyl sites for hydroxylation is 1. The fraction of sp³-hybridized carbons (Fsp3) is 0.188. The maximum atomic E-state index is 13.7. The maximum Gasteiger partial charge on any atom is 0.434 e. The Morgan fingerprint density at radius 2 is 2.00 bits per heavy atom. The lowest BCUT2D eigenvalue weighted by Crippen LogP contribution is -2.13. The zero-order valence-corrected chi connectivity index (χ0v) is 15.3. The van der Waals surface area contributed by atoms with E-state index in [-0.39, 0.29) is 12.2 Å². The first-order valence-electron chi connectivity index (χ1n) is 7.53. The van der Waals surface area contributed by atoms with E-state index < -0.39 is 33.8 Å². The molecule has 1 amide bonds. The number of hydrogen-bond donors (Lipinski definition) is 1. The van der Waals surface area contributed by atoms with Crippen molar-refractivity contribution in [2.24, 2.45) is 7.05 Å². The minimum atomic E-state index is -4.66. The molecular weight excluding hydrogens is 434 g/mol. The molecule has 0 saturated heterocycles. The Morgan fingerprint density at radius 3 is 2.63 bits per heavy atom. The van der Waals surface area contributed by atoms with Gasteiger partial charge in [-0.3, -0.25) is 14.2 Å². The average Bonchev–Trinajstić information content (AvgIpc) is 3.12. The zero-order chi connectivity index (χ0) is 19.8. The summed E-state index contributed by atoms with van der Waals surface area (Å²) in [7, 11) is 1.09. The highest BCUT2D eigenvalue weighted by molar-refractivity contribution is 9.10. The van der Waals surface area contributed by atoms with Crippen molar-refractivity contribution < 1.29 is 22.4 Å². The first kappa shape index (κ1) is 19.1. The Hall–Kier alpha value is -2.69. The summed E-state index contributed by atoms with van der Waals surface area (Å²) >= 11 is 2.78. The minimum Gasteiger partial charge on any atom is -0.318 e. The van der Waals surface area contributed by atoms with Crippen LogP contribution in [-0.4, -0.2) is 25.5 Å². The molecule has 0 bridgehead atoms. The van der Waals surface area contributed by atoms with Crippen molar-refractivity contribution in [3.8, 4) is 0 Å². The highest BCUT2D eigenvalue weighted by Gasteiger charge is 2.39. The number of nitrogens with zero attached hydrogens (tertiary/aromatic N) is 4. The molecule has 27 heavy (non-hydrogen) atoms.